The number of nitrogens with one attached hydrogen (secondary N) is 1. The second-order valence-corrected chi connectivity index (χ2v) is 5.43. The van der Waals surface area contributed by atoms with Gasteiger partial charge >= 0.3 is 0 Å². The third-order valence-electron chi connectivity index (χ3n) is 3.07. The van der Waals surface area contributed by atoms with Crippen LogP contribution in [0.1, 0.15) is 17.5 Å². The second kappa shape index (κ2) is 6.32. The highest BCUT2D eigenvalue weighted by molar-refractivity contribution is 7.80. The Morgan fingerprint density at radius 1 is 1.53 bits per heavy atom. The number of hydrogen-bond donors (Lipinski definition) is 2. The van der Waals surface area contributed by atoms with Gasteiger partial charge in [-0.05, 0) is 18.1 Å². The molecular formula is C13H16ClN3OS. The first-order valence-electron chi connectivity index (χ1n) is 6.13. The van der Waals surface area contributed by atoms with Crippen LogP contribution in [0.4, 0.5) is 0 Å². The largest absolute Gasteiger partial charge is 0.389 e. The maximum absolute atomic E-state index is 11.5. The summed E-state index contributed by atoms with van der Waals surface area (Å²) in [6.07, 6.45) is 0.953. The van der Waals surface area contributed by atoms with Gasteiger partial charge in [-0.15, -0.1) is 0 Å². The van der Waals surface area contributed by atoms with Crippen molar-refractivity contribution in [1.82, 2.24) is 10.2 Å². The minimum Gasteiger partial charge on any atom is -0.389 e. The van der Waals surface area contributed by atoms with Gasteiger partial charge in [0.05, 0.1) is 6.54 Å². The number of thiocarbonyl (C=S) groups is 1. The summed E-state index contributed by atoms with van der Waals surface area (Å²) in [4.78, 5) is 13.9. The zero-order valence-corrected chi connectivity index (χ0v) is 12.1. The Morgan fingerprint density at radius 3 is 3.00 bits per heavy atom. The molecule has 1 fully saturated rings. The van der Waals surface area contributed by atoms with Crippen LogP contribution in [0.25, 0.3) is 0 Å². The van der Waals surface area contributed by atoms with E-state index in [4.69, 9.17) is 29.6 Å². The maximum Gasteiger partial charge on any atom is 0.234 e. The molecule has 6 heteroatoms. The van der Waals surface area contributed by atoms with Crippen molar-refractivity contribution in [2.75, 3.05) is 19.6 Å². The number of carbonyl (C=O) groups is 1. The van der Waals surface area contributed by atoms with Crippen molar-refractivity contribution in [1.29, 1.82) is 0 Å². The lowest BCUT2D eigenvalue weighted by Gasteiger charge is -2.19. The third-order valence-corrected chi connectivity index (χ3v) is 3.66. The molecule has 0 radical (unpaired) electrons. The van der Waals surface area contributed by atoms with E-state index in [0.29, 0.717) is 23.1 Å². The average molecular weight is 298 g/mol. The highest BCUT2D eigenvalue weighted by atomic mass is 35.5. The van der Waals surface area contributed by atoms with Gasteiger partial charge in [-0.1, -0.05) is 36.0 Å². The van der Waals surface area contributed by atoms with Crippen molar-refractivity contribution in [3.8, 4) is 0 Å². The molecule has 1 heterocycles. The molecule has 1 aliphatic heterocycles. The molecule has 1 aromatic rings. The van der Waals surface area contributed by atoms with Crippen molar-refractivity contribution >= 4 is 34.7 Å². The van der Waals surface area contributed by atoms with Crippen LogP contribution in [0, 0.1) is 0 Å². The molecule has 102 valence electrons. The first-order valence-corrected chi connectivity index (χ1v) is 6.92. The number of nitrogens with zero attached hydrogens (tertiary/aromatic N) is 1. The van der Waals surface area contributed by atoms with Gasteiger partial charge in [0.25, 0.3) is 0 Å². The Balaban J connectivity index is 2.10. The number of carbonyl (C=O) groups excluding carboxylic acids is 1. The van der Waals surface area contributed by atoms with E-state index in [2.05, 4.69) is 10.2 Å². The Hall–Kier alpha value is -1.17. The van der Waals surface area contributed by atoms with Crippen molar-refractivity contribution in [2.45, 2.75) is 13.0 Å². The molecule has 19 heavy (non-hydrogen) atoms. The highest BCUT2D eigenvalue weighted by Crippen LogP contribution is 2.20. The van der Waals surface area contributed by atoms with E-state index in [1.807, 2.05) is 12.1 Å². The van der Waals surface area contributed by atoms with Crippen LogP contribution < -0.4 is 11.1 Å². The highest BCUT2D eigenvalue weighted by Gasteiger charge is 2.16. The van der Waals surface area contributed by atoms with Crippen LogP contribution in [-0.4, -0.2) is 35.4 Å². The summed E-state index contributed by atoms with van der Waals surface area (Å²) in [5, 5.41) is 3.49. The zero-order valence-electron chi connectivity index (χ0n) is 10.5. The molecular weight excluding hydrogens is 282 g/mol. The fourth-order valence-electron chi connectivity index (χ4n) is 2.07. The minimum atomic E-state index is 0.0633. The van der Waals surface area contributed by atoms with Crippen LogP contribution in [0.5, 0.6) is 0 Å². The fraction of sp³-hybridized carbons (Fsp3) is 0.385. The van der Waals surface area contributed by atoms with E-state index >= 15 is 0 Å². The van der Waals surface area contributed by atoms with Gasteiger partial charge in [0.15, 0.2) is 0 Å². The van der Waals surface area contributed by atoms with Crippen LogP contribution in [-0.2, 0) is 11.3 Å². The molecule has 0 atom stereocenters. The summed E-state index contributed by atoms with van der Waals surface area (Å²) < 4.78 is 0. The van der Waals surface area contributed by atoms with Crippen molar-refractivity contribution in [3.05, 3.63) is 34.3 Å². The van der Waals surface area contributed by atoms with Crippen molar-refractivity contribution < 1.29 is 4.79 Å². The summed E-state index contributed by atoms with van der Waals surface area (Å²) in [6, 6.07) is 5.55. The standard InChI is InChI=1S/C13H16ClN3OS/c14-11-6-9(13(15)19)2-3-10(11)7-17-5-1-4-16-12(18)8-17/h2-3,6H,1,4-5,7-8H2,(H2,15,19)(H,16,18). The Kier molecular flexibility index (Phi) is 4.74. The third kappa shape index (κ3) is 3.89. The zero-order chi connectivity index (χ0) is 13.8. The van der Waals surface area contributed by atoms with E-state index in [1.165, 1.54) is 0 Å². The number of halogens is 1. The smallest absolute Gasteiger partial charge is 0.234 e. The van der Waals surface area contributed by atoms with Gasteiger partial charge in [-0.2, -0.15) is 0 Å². The lowest BCUT2D eigenvalue weighted by Crippen LogP contribution is -2.32. The molecule has 1 saturated heterocycles. The van der Waals surface area contributed by atoms with E-state index in [0.717, 1.165) is 30.6 Å². The monoisotopic (exact) mass is 297 g/mol. The molecule has 0 bridgehead atoms. The van der Waals surface area contributed by atoms with Crippen LogP contribution in [0.2, 0.25) is 5.02 Å². The predicted octanol–water partition coefficient (Wildman–Crippen LogP) is 1.30. The molecule has 1 amide bonds. The molecule has 2 rings (SSSR count). The quantitative estimate of drug-likeness (QED) is 0.826. The van der Waals surface area contributed by atoms with Gasteiger partial charge in [0.2, 0.25) is 5.91 Å². The van der Waals surface area contributed by atoms with Crippen molar-refractivity contribution in [3.63, 3.8) is 0 Å². The lowest BCUT2D eigenvalue weighted by atomic mass is 10.1. The average Bonchev–Trinajstić information content (AvgIpc) is 2.56. The van der Waals surface area contributed by atoms with Crippen LogP contribution >= 0.6 is 23.8 Å². The molecule has 3 N–H and O–H groups in total. The van der Waals surface area contributed by atoms with Crippen LogP contribution in [0.15, 0.2) is 18.2 Å². The number of amides is 1. The summed E-state index contributed by atoms with van der Waals surface area (Å²) in [5.41, 5.74) is 7.31. The topological polar surface area (TPSA) is 58.4 Å². The number of benzene rings is 1. The molecule has 4 nitrogen and oxygen atoms in total. The first-order chi connectivity index (χ1) is 9.06. The lowest BCUT2D eigenvalue weighted by molar-refractivity contribution is -0.121. The maximum atomic E-state index is 11.5. The molecule has 0 saturated carbocycles. The summed E-state index contributed by atoms with van der Waals surface area (Å²) in [7, 11) is 0. The number of hydrogen-bond acceptors (Lipinski definition) is 3. The Labute approximate surface area is 122 Å². The molecule has 1 aromatic carbocycles. The van der Waals surface area contributed by atoms with Gasteiger partial charge < -0.3 is 11.1 Å². The molecule has 1 aliphatic rings. The summed E-state index contributed by atoms with van der Waals surface area (Å²) in [6.45, 7) is 2.69. The molecule has 0 aromatic heterocycles. The van der Waals surface area contributed by atoms with E-state index in [-0.39, 0.29) is 5.91 Å². The molecule has 0 aliphatic carbocycles. The second-order valence-electron chi connectivity index (χ2n) is 4.58. The van der Waals surface area contributed by atoms with Crippen LogP contribution in [0.3, 0.4) is 0 Å². The minimum absolute atomic E-state index is 0.0633. The van der Waals surface area contributed by atoms with Gasteiger partial charge in [-0.3, -0.25) is 9.69 Å². The fourth-order valence-corrected chi connectivity index (χ4v) is 2.44. The SMILES string of the molecule is NC(=S)c1ccc(CN2CCCNC(=O)C2)c(Cl)c1. The first kappa shape index (κ1) is 14.2. The van der Waals surface area contributed by atoms with E-state index in [9.17, 15) is 4.79 Å². The van der Waals surface area contributed by atoms with Gasteiger partial charge in [0, 0.05) is 30.2 Å². The van der Waals surface area contributed by atoms with Crippen molar-refractivity contribution in [2.24, 2.45) is 5.73 Å². The predicted molar refractivity (Wildman–Crippen MR) is 80.2 cm³/mol. The summed E-state index contributed by atoms with van der Waals surface area (Å²) >= 11 is 11.1. The van der Waals surface area contributed by atoms with Gasteiger partial charge in [0.1, 0.15) is 4.99 Å². The Morgan fingerprint density at radius 2 is 2.32 bits per heavy atom. The molecule has 0 unspecified atom stereocenters. The van der Waals surface area contributed by atoms with E-state index in [1.54, 1.807) is 6.07 Å². The number of rotatable bonds is 3. The number of nitrogens with two attached hydrogens (primary N) is 1. The van der Waals surface area contributed by atoms with E-state index < -0.39 is 0 Å². The Bertz CT molecular complexity index is 507. The summed E-state index contributed by atoms with van der Waals surface area (Å²) in [5.74, 6) is 0.0633. The molecule has 0 spiro atoms. The normalized spacial score (nSPS) is 16.8. The van der Waals surface area contributed by atoms with Gasteiger partial charge in [-0.25, -0.2) is 0 Å².